The van der Waals surface area contributed by atoms with E-state index >= 15 is 0 Å². The molecule has 0 spiro atoms. The second-order valence-corrected chi connectivity index (χ2v) is 16.4. The van der Waals surface area contributed by atoms with Gasteiger partial charge in [0.15, 0.2) is 0 Å². The number of allylic oxidation sites excluding steroid dienone is 20. The lowest BCUT2D eigenvalue weighted by Gasteiger charge is -2.37. The van der Waals surface area contributed by atoms with Crippen LogP contribution in [0.2, 0.25) is 0 Å². The van der Waals surface area contributed by atoms with Crippen molar-refractivity contribution in [3.63, 3.8) is 0 Å². The first-order chi connectivity index (χ1) is 27.8. The lowest BCUT2D eigenvalue weighted by Crippen LogP contribution is -2.40. The molecule has 1 aromatic heterocycles. The predicted molar refractivity (Wildman–Crippen MR) is 234 cm³/mol. The Labute approximate surface area is 331 Å². The molecule has 11 rings (SSSR count). The Hall–Kier alpha value is -5.80. The molecule has 6 aliphatic carbocycles. The van der Waals surface area contributed by atoms with Crippen LogP contribution in [0, 0.1) is 5.92 Å². The highest BCUT2D eigenvalue weighted by Crippen LogP contribution is 2.48. The average molecular weight is 728 g/mol. The Morgan fingerprint density at radius 2 is 1.54 bits per heavy atom. The van der Waals surface area contributed by atoms with Crippen molar-refractivity contribution >= 4 is 28.2 Å². The SMILES string of the molecule is C1=CCCC(C2=CC=C(n3c4c(c5cc(C6=CC7C8=C(CCC=C8)N(C8=CC(C9=CCCC=C9)=CC(c9ccccc9)N8)C7C=C6)ccc53)CCC=C4)CC2)=C1. The lowest BCUT2D eigenvalue weighted by molar-refractivity contribution is 0.324. The van der Waals surface area contributed by atoms with E-state index in [0.717, 1.165) is 64.2 Å². The maximum Gasteiger partial charge on any atom is 0.107 e. The molecular weight excluding hydrogens is 679 g/mol. The molecule has 8 aliphatic rings. The summed E-state index contributed by atoms with van der Waals surface area (Å²) < 4.78 is 2.57. The minimum atomic E-state index is 0.109. The van der Waals surface area contributed by atoms with Crippen LogP contribution in [0.4, 0.5) is 0 Å². The Morgan fingerprint density at radius 1 is 0.661 bits per heavy atom. The molecule has 3 nitrogen and oxygen atoms in total. The minimum Gasteiger partial charge on any atom is -0.361 e. The fourth-order valence-corrected chi connectivity index (χ4v) is 10.4. The maximum absolute atomic E-state index is 4.01. The Bertz CT molecular complexity index is 2560. The van der Waals surface area contributed by atoms with Crippen LogP contribution in [-0.2, 0) is 6.42 Å². The van der Waals surface area contributed by atoms with E-state index in [4.69, 9.17) is 0 Å². The van der Waals surface area contributed by atoms with Gasteiger partial charge >= 0.3 is 0 Å². The predicted octanol–water partition coefficient (Wildman–Crippen LogP) is 12.7. The maximum atomic E-state index is 4.01. The number of fused-ring (bicyclic) bond motifs is 5. The van der Waals surface area contributed by atoms with Gasteiger partial charge in [-0.2, -0.15) is 0 Å². The summed E-state index contributed by atoms with van der Waals surface area (Å²) in [5, 5.41) is 5.42. The van der Waals surface area contributed by atoms with Crippen LogP contribution in [-0.4, -0.2) is 15.5 Å². The van der Waals surface area contributed by atoms with Gasteiger partial charge in [0, 0.05) is 28.4 Å². The largest absolute Gasteiger partial charge is 0.361 e. The van der Waals surface area contributed by atoms with E-state index < -0.39 is 0 Å². The highest BCUT2D eigenvalue weighted by atomic mass is 15.3. The summed E-state index contributed by atoms with van der Waals surface area (Å²) >= 11 is 0. The molecule has 3 aromatic rings. The van der Waals surface area contributed by atoms with Gasteiger partial charge in [-0.3, -0.25) is 0 Å². The molecule has 2 aromatic carbocycles. The normalized spacial score (nSPS) is 25.0. The number of aryl methyl sites for hydroxylation is 1. The molecule has 276 valence electrons. The number of nitrogens with one attached hydrogen (secondary N) is 1. The van der Waals surface area contributed by atoms with Gasteiger partial charge in [0.05, 0.1) is 17.6 Å². The number of aromatic nitrogens is 1. The van der Waals surface area contributed by atoms with Crippen LogP contribution in [0.5, 0.6) is 0 Å². The van der Waals surface area contributed by atoms with Gasteiger partial charge in [-0.1, -0.05) is 115 Å². The molecule has 0 fully saturated rings. The number of benzene rings is 2. The van der Waals surface area contributed by atoms with E-state index in [1.165, 1.54) is 83.9 Å². The van der Waals surface area contributed by atoms with Gasteiger partial charge in [-0.05, 0) is 151 Å². The lowest BCUT2D eigenvalue weighted by atomic mass is 9.84. The van der Waals surface area contributed by atoms with Gasteiger partial charge in [0.2, 0.25) is 0 Å². The number of rotatable bonds is 6. The number of dihydropyridines is 1. The second kappa shape index (κ2) is 14.0. The number of hydrogen-bond donors (Lipinski definition) is 1. The average Bonchev–Trinajstić information content (AvgIpc) is 3.79. The van der Waals surface area contributed by atoms with Crippen molar-refractivity contribution in [1.29, 1.82) is 0 Å². The molecule has 0 saturated carbocycles. The molecule has 0 radical (unpaired) electrons. The van der Waals surface area contributed by atoms with Gasteiger partial charge < -0.3 is 14.8 Å². The van der Waals surface area contributed by atoms with Gasteiger partial charge in [-0.25, -0.2) is 0 Å². The summed E-state index contributed by atoms with van der Waals surface area (Å²) in [4.78, 5) is 2.65. The van der Waals surface area contributed by atoms with Crippen LogP contribution in [0.1, 0.15) is 86.2 Å². The highest BCUT2D eigenvalue weighted by Gasteiger charge is 2.42. The van der Waals surface area contributed by atoms with E-state index in [1.807, 2.05) is 0 Å². The van der Waals surface area contributed by atoms with Gasteiger partial charge in [0.25, 0.3) is 0 Å². The summed E-state index contributed by atoms with van der Waals surface area (Å²) in [7, 11) is 0. The third-order valence-electron chi connectivity index (χ3n) is 13.1. The molecule has 1 N–H and O–H groups in total. The van der Waals surface area contributed by atoms with Gasteiger partial charge in [-0.15, -0.1) is 0 Å². The smallest absolute Gasteiger partial charge is 0.107 e. The zero-order chi connectivity index (χ0) is 37.0. The number of hydrogen-bond acceptors (Lipinski definition) is 2. The molecule has 56 heavy (non-hydrogen) atoms. The quantitative estimate of drug-likeness (QED) is 0.273. The fourth-order valence-electron chi connectivity index (χ4n) is 10.4. The van der Waals surface area contributed by atoms with Crippen molar-refractivity contribution < 1.29 is 0 Å². The Morgan fingerprint density at radius 3 is 2.39 bits per heavy atom. The van der Waals surface area contributed by atoms with E-state index in [9.17, 15) is 0 Å². The summed E-state index contributed by atoms with van der Waals surface area (Å²) in [5.41, 5.74) is 18.2. The molecule has 3 heteroatoms. The Balaban J connectivity index is 0.945. The molecule has 2 aliphatic heterocycles. The van der Waals surface area contributed by atoms with Crippen LogP contribution in [0.3, 0.4) is 0 Å². The van der Waals surface area contributed by atoms with Crippen LogP contribution < -0.4 is 5.32 Å². The first-order valence-electron chi connectivity index (χ1n) is 21.1. The molecule has 3 unspecified atom stereocenters. The van der Waals surface area contributed by atoms with Crippen molar-refractivity contribution in [3.05, 3.63) is 208 Å². The van der Waals surface area contributed by atoms with E-state index in [1.54, 1.807) is 0 Å². The monoisotopic (exact) mass is 727 g/mol. The van der Waals surface area contributed by atoms with E-state index in [-0.39, 0.29) is 12.1 Å². The molecule has 0 amide bonds. The first kappa shape index (κ1) is 33.5. The third-order valence-corrected chi connectivity index (χ3v) is 13.1. The summed E-state index contributed by atoms with van der Waals surface area (Å²) in [6.07, 6.45) is 51.6. The molecule has 3 heterocycles. The van der Waals surface area contributed by atoms with E-state index in [0.29, 0.717) is 5.92 Å². The molecule has 0 bridgehead atoms. The summed E-state index contributed by atoms with van der Waals surface area (Å²) in [5.74, 6) is 1.50. The third kappa shape index (κ3) is 5.79. The molecule has 0 saturated heterocycles. The molecular formula is C53H49N3. The summed E-state index contributed by atoms with van der Waals surface area (Å²) in [6.45, 7) is 0. The second-order valence-electron chi connectivity index (χ2n) is 16.4. The van der Waals surface area contributed by atoms with Crippen molar-refractivity contribution in [2.75, 3.05) is 0 Å². The van der Waals surface area contributed by atoms with Crippen LogP contribution >= 0.6 is 0 Å². The fraction of sp³-hybridized carbons (Fsp3) is 0.245. The van der Waals surface area contributed by atoms with E-state index in [2.05, 4.69) is 167 Å². The zero-order valence-corrected chi connectivity index (χ0v) is 32.1. The van der Waals surface area contributed by atoms with Crippen LogP contribution in [0.25, 0.3) is 28.2 Å². The zero-order valence-electron chi connectivity index (χ0n) is 32.1. The standard InChI is InChI=1S/C53H49N3/c1-4-14-36(15-5-1)38-24-28-43(29-25-38)55-49-22-12-10-20-44(49)46-32-40(26-30-51(46)55)41-27-31-52-47(33-41)45-21-11-13-23-50(45)56(52)53-35-42(37-16-6-2-7-17-37)34-48(54-53)39-18-8-3-9-19-39/h1,3-4,6,8-9,11-12,14,16-19,21-22,24,26-28,30-35,47-48,52,54H,2,5,7,10,13,15,20,23,25,29H2. The minimum absolute atomic E-state index is 0.109. The van der Waals surface area contributed by atoms with Crippen LogP contribution in [0.15, 0.2) is 185 Å². The van der Waals surface area contributed by atoms with Crippen molar-refractivity contribution in [2.45, 2.75) is 76.3 Å². The van der Waals surface area contributed by atoms with Crippen molar-refractivity contribution in [2.24, 2.45) is 5.92 Å². The summed E-state index contributed by atoms with van der Waals surface area (Å²) in [6, 6.07) is 18.6. The molecule has 3 atom stereocenters. The van der Waals surface area contributed by atoms with Crippen molar-refractivity contribution in [3.8, 4) is 0 Å². The first-order valence-corrected chi connectivity index (χ1v) is 21.1. The Kier molecular flexibility index (Phi) is 8.41. The van der Waals surface area contributed by atoms with Gasteiger partial charge in [0.1, 0.15) is 5.82 Å². The topological polar surface area (TPSA) is 20.2 Å². The van der Waals surface area contributed by atoms with Crippen molar-refractivity contribution in [1.82, 2.24) is 14.8 Å². The number of nitrogens with zero attached hydrogens (tertiary/aromatic N) is 2. The highest BCUT2D eigenvalue weighted by molar-refractivity contribution is 5.95.